The Kier molecular flexibility index (Phi) is 7.65. The molecule has 1 N–H and O–H groups in total. The Bertz CT molecular complexity index is 954. The minimum absolute atomic E-state index is 0.00149. The number of carbonyl (C=O) groups is 2. The summed E-state index contributed by atoms with van der Waals surface area (Å²) in [6, 6.07) is 13.2. The molecule has 1 aliphatic heterocycles. The number of methoxy groups -OCH3 is 1. The predicted molar refractivity (Wildman–Crippen MR) is 120 cm³/mol. The Hall–Kier alpha value is -3.35. The zero-order valence-corrected chi connectivity index (χ0v) is 18.3. The van der Waals surface area contributed by atoms with Crippen molar-refractivity contribution in [2.45, 2.75) is 46.1 Å². The minimum atomic E-state index is -0.0115. The zero-order valence-electron chi connectivity index (χ0n) is 18.3. The molecule has 164 valence electrons. The molecule has 7 heteroatoms. The van der Waals surface area contributed by atoms with Gasteiger partial charge in [-0.1, -0.05) is 19.1 Å². The summed E-state index contributed by atoms with van der Waals surface area (Å²) in [6.07, 6.45) is 2.29. The molecule has 0 aromatic heterocycles. The van der Waals surface area contributed by atoms with Crippen LogP contribution in [0, 0.1) is 0 Å². The molecular formula is C24H29N3O4. The molecule has 0 atom stereocenters. The summed E-state index contributed by atoms with van der Waals surface area (Å²) in [5.41, 5.74) is 3.44. The van der Waals surface area contributed by atoms with E-state index in [0.29, 0.717) is 43.9 Å². The highest BCUT2D eigenvalue weighted by Gasteiger charge is 2.22. The maximum atomic E-state index is 12.4. The zero-order chi connectivity index (χ0) is 22.2. The number of ether oxygens (including phenoxy) is 2. The number of hydrogen-bond acceptors (Lipinski definition) is 5. The molecule has 1 heterocycles. The van der Waals surface area contributed by atoms with Gasteiger partial charge in [0.05, 0.1) is 26.0 Å². The summed E-state index contributed by atoms with van der Waals surface area (Å²) in [5, 5.41) is 8.99. The first-order chi connectivity index (χ1) is 15.0. The van der Waals surface area contributed by atoms with E-state index in [4.69, 9.17) is 9.47 Å². The second-order valence-corrected chi connectivity index (χ2v) is 7.29. The fourth-order valence-electron chi connectivity index (χ4n) is 3.37. The number of carbonyl (C=O) groups excluding carboxylic acids is 2. The Labute approximate surface area is 183 Å². The summed E-state index contributed by atoms with van der Waals surface area (Å²) in [7, 11) is 1.61. The van der Waals surface area contributed by atoms with E-state index in [0.717, 1.165) is 28.9 Å². The molecule has 2 amide bonds. The molecular weight excluding hydrogens is 394 g/mol. The van der Waals surface area contributed by atoms with Gasteiger partial charge in [0.2, 0.25) is 11.8 Å². The van der Waals surface area contributed by atoms with Crippen molar-refractivity contribution in [1.82, 2.24) is 5.01 Å². The molecule has 31 heavy (non-hydrogen) atoms. The van der Waals surface area contributed by atoms with Crippen LogP contribution in [0.5, 0.6) is 11.5 Å². The quantitative estimate of drug-likeness (QED) is 0.650. The lowest BCUT2D eigenvalue weighted by Gasteiger charge is -2.24. The number of benzene rings is 2. The van der Waals surface area contributed by atoms with E-state index >= 15 is 0 Å². The molecule has 1 aliphatic rings. The summed E-state index contributed by atoms with van der Waals surface area (Å²) < 4.78 is 11.0. The van der Waals surface area contributed by atoms with Crippen LogP contribution in [0.25, 0.3) is 0 Å². The molecule has 7 nitrogen and oxygen atoms in total. The first kappa shape index (κ1) is 22.3. The molecule has 0 saturated carbocycles. The monoisotopic (exact) mass is 423 g/mol. The summed E-state index contributed by atoms with van der Waals surface area (Å²) in [6.45, 7) is 4.80. The highest BCUT2D eigenvalue weighted by Crippen LogP contribution is 2.30. The number of amides is 2. The summed E-state index contributed by atoms with van der Waals surface area (Å²) in [4.78, 5) is 24.2. The van der Waals surface area contributed by atoms with Gasteiger partial charge in [-0.25, -0.2) is 5.01 Å². The van der Waals surface area contributed by atoms with Crippen molar-refractivity contribution in [2.75, 3.05) is 19.0 Å². The average Bonchev–Trinajstić information content (AvgIpc) is 2.77. The fourth-order valence-corrected chi connectivity index (χ4v) is 3.37. The predicted octanol–water partition coefficient (Wildman–Crippen LogP) is 4.36. The third kappa shape index (κ3) is 5.84. The highest BCUT2D eigenvalue weighted by atomic mass is 16.5. The minimum Gasteiger partial charge on any atom is -0.493 e. The Morgan fingerprint density at radius 2 is 1.87 bits per heavy atom. The van der Waals surface area contributed by atoms with Crippen molar-refractivity contribution < 1.29 is 19.1 Å². The van der Waals surface area contributed by atoms with Gasteiger partial charge in [0.15, 0.2) is 11.5 Å². The number of nitrogens with one attached hydrogen (secondary N) is 1. The van der Waals surface area contributed by atoms with Crippen molar-refractivity contribution in [3.8, 4) is 11.5 Å². The van der Waals surface area contributed by atoms with Gasteiger partial charge in [0.1, 0.15) is 0 Å². The Balaban J connectivity index is 1.74. The van der Waals surface area contributed by atoms with E-state index < -0.39 is 0 Å². The van der Waals surface area contributed by atoms with Gasteiger partial charge in [-0.15, -0.1) is 0 Å². The van der Waals surface area contributed by atoms with E-state index in [-0.39, 0.29) is 11.8 Å². The number of hydrogen-bond donors (Lipinski definition) is 1. The molecule has 0 radical (unpaired) electrons. The first-order valence-corrected chi connectivity index (χ1v) is 10.6. The second kappa shape index (κ2) is 10.6. The molecule has 0 fully saturated rings. The first-order valence-electron chi connectivity index (χ1n) is 10.6. The largest absolute Gasteiger partial charge is 0.493 e. The molecule has 0 saturated heterocycles. The third-order valence-corrected chi connectivity index (χ3v) is 4.95. The van der Waals surface area contributed by atoms with Crippen molar-refractivity contribution >= 4 is 23.2 Å². The van der Waals surface area contributed by atoms with Crippen LogP contribution >= 0.6 is 0 Å². The number of hydrazone groups is 1. The number of nitrogens with zero attached hydrogens (tertiary/aromatic N) is 2. The molecule has 2 aromatic carbocycles. The summed E-state index contributed by atoms with van der Waals surface area (Å²) >= 11 is 0. The number of rotatable bonds is 9. The van der Waals surface area contributed by atoms with Crippen LogP contribution in [0.4, 0.5) is 5.69 Å². The van der Waals surface area contributed by atoms with Gasteiger partial charge < -0.3 is 14.8 Å². The van der Waals surface area contributed by atoms with Gasteiger partial charge in [-0.2, -0.15) is 5.10 Å². The maximum Gasteiger partial charge on any atom is 0.243 e. The lowest BCUT2D eigenvalue weighted by molar-refractivity contribution is -0.132. The lowest BCUT2D eigenvalue weighted by atomic mass is 10.0. The maximum absolute atomic E-state index is 12.4. The van der Waals surface area contributed by atoms with Gasteiger partial charge in [0.25, 0.3) is 0 Å². The fraction of sp³-hybridized carbons (Fsp3) is 0.375. The van der Waals surface area contributed by atoms with Crippen molar-refractivity contribution in [2.24, 2.45) is 5.10 Å². The van der Waals surface area contributed by atoms with Crippen LogP contribution in [0.2, 0.25) is 0 Å². The molecule has 0 aliphatic carbocycles. The Morgan fingerprint density at radius 3 is 2.55 bits per heavy atom. The normalized spacial score (nSPS) is 13.6. The van der Waals surface area contributed by atoms with Gasteiger partial charge in [0, 0.05) is 30.5 Å². The molecule has 0 unspecified atom stereocenters. The molecule has 0 bridgehead atoms. The molecule has 2 aromatic rings. The van der Waals surface area contributed by atoms with Gasteiger partial charge in [-0.3, -0.25) is 9.59 Å². The van der Waals surface area contributed by atoms with Crippen LogP contribution in [0.3, 0.4) is 0 Å². The SMILES string of the molecule is CCCC(=O)Nc1ccc(CN2N=C(c3ccc(OC)c(OCC)c3)CCC2=O)cc1. The van der Waals surface area contributed by atoms with Crippen LogP contribution < -0.4 is 14.8 Å². The van der Waals surface area contributed by atoms with Crippen molar-refractivity contribution in [3.05, 3.63) is 53.6 Å². The standard InChI is InChI=1S/C24H29N3O4/c1-4-6-23(28)25-19-10-7-17(8-11-19)16-27-24(29)14-12-20(26-27)18-9-13-21(30-3)22(15-18)31-5-2/h7-11,13,15H,4-6,12,14,16H2,1-3H3,(H,25,28). The summed E-state index contributed by atoms with van der Waals surface area (Å²) in [5.74, 6) is 1.32. The van der Waals surface area contributed by atoms with Crippen LogP contribution in [-0.2, 0) is 16.1 Å². The third-order valence-electron chi connectivity index (χ3n) is 4.95. The number of anilines is 1. The average molecular weight is 424 g/mol. The molecule has 0 spiro atoms. The smallest absolute Gasteiger partial charge is 0.243 e. The second-order valence-electron chi connectivity index (χ2n) is 7.29. The van der Waals surface area contributed by atoms with E-state index in [9.17, 15) is 9.59 Å². The Morgan fingerprint density at radius 1 is 1.10 bits per heavy atom. The van der Waals surface area contributed by atoms with Crippen LogP contribution in [0.1, 0.15) is 50.7 Å². The van der Waals surface area contributed by atoms with Gasteiger partial charge >= 0.3 is 0 Å². The van der Waals surface area contributed by atoms with E-state index in [1.54, 1.807) is 7.11 Å². The van der Waals surface area contributed by atoms with E-state index in [2.05, 4.69) is 10.4 Å². The highest BCUT2D eigenvalue weighted by molar-refractivity contribution is 6.04. The van der Waals surface area contributed by atoms with Crippen LogP contribution in [0.15, 0.2) is 47.6 Å². The van der Waals surface area contributed by atoms with Crippen molar-refractivity contribution in [1.29, 1.82) is 0 Å². The van der Waals surface area contributed by atoms with Gasteiger partial charge in [-0.05, 0) is 49.2 Å². The van der Waals surface area contributed by atoms with Crippen molar-refractivity contribution in [3.63, 3.8) is 0 Å². The van der Waals surface area contributed by atoms with Crippen LogP contribution in [-0.4, -0.2) is 36.3 Å². The van der Waals surface area contributed by atoms with E-state index in [1.165, 1.54) is 5.01 Å². The lowest BCUT2D eigenvalue weighted by Crippen LogP contribution is -2.31. The molecule has 3 rings (SSSR count). The van der Waals surface area contributed by atoms with E-state index in [1.807, 2.05) is 56.3 Å². The topological polar surface area (TPSA) is 80.2 Å².